The van der Waals surface area contributed by atoms with E-state index >= 15 is 0 Å². The van der Waals surface area contributed by atoms with Crippen LogP contribution >= 0.6 is 0 Å². The van der Waals surface area contributed by atoms with Gasteiger partial charge in [-0.05, 0) is 37.1 Å². The molecule has 1 heterocycles. The standard InChI is InChI=1S/C18H23FN4O/c1-4-20-18(21-11-14-9-8-13(2)16(19)10-14)22-12-15-6-5-7-17(23-15)24-3/h5-10H,4,11-12H2,1-3H3,(H2,20,21,22). The van der Waals surface area contributed by atoms with Gasteiger partial charge in [0.2, 0.25) is 5.88 Å². The number of halogens is 1. The van der Waals surface area contributed by atoms with Crippen LogP contribution in [-0.4, -0.2) is 24.6 Å². The Morgan fingerprint density at radius 2 is 2.08 bits per heavy atom. The molecule has 2 rings (SSSR count). The predicted octanol–water partition coefficient (Wildman–Crippen LogP) is 2.79. The number of ether oxygens (including phenoxy) is 1. The van der Waals surface area contributed by atoms with Crippen molar-refractivity contribution in [2.24, 2.45) is 4.99 Å². The van der Waals surface area contributed by atoms with Crippen LogP contribution < -0.4 is 15.4 Å². The molecule has 1 aromatic heterocycles. The SMILES string of the molecule is CCNC(=NCc1ccc(C)c(F)c1)NCc1cccc(OC)n1. The van der Waals surface area contributed by atoms with E-state index in [1.54, 1.807) is 26.2 Å². The molecule has 0 unspecified atom stereocenters. The minimum Gasteiger partial charge on any atom is -0.481 e. The van der Waals surface area contributed by atoms with E-state index in [0.29, 0.717) is 30.5 Å². The van der Waals surface area contributed by atoms with Gasteiger partial charge in [0.15, 0.2) is 5.96 Å². The number of pyridine rings is 1. The molecule has 0 saturated heterocycles. The maximum atomic E-state index is 13.6. The van der Waals surface area contributed by atoms with Gasteiger partial charge in [-0.15, -0.1) is 0 Å². The van der Waals surface area contributed by atoms with Gasteiger partial charge in [0.25, 0.3) is 0 Å². The summed E-state index contributed by atoms with van der Waals surface area (Å²) in [6.45, 7) is 5.39. The van der Waals surface area contributed by atoms with E-state index < -0.39 is 0 Å². The molecule has 0 atom stereocenters. The van der Waals surface area contributed by atoms with Gasteiger partial charge in [0.1, 0.15) is 5.82 Å². The van der Waals surface area contributed by atoms with E-state index in [4.69, 9.17) is 4.74 Å². The summed E-state index contributed by atoms with van der Waals surface area (Å²) >= 11 is 0. The normalized spacial score (nSPS) is 11.2. The largest absolute Gasteiger partial charge is 0.481 e. The number of nitrogens with one attached hydrogen (secondary N) is 2. The zero-order valence-electron chi connectivity index (χ0n) is 14.3. The molecule has 5 nitrogen and oxygen atoms in total. The van der Waals surface area contributed by atoms with Gasteiger partial charge in [0.05, 0.1) is 25.9 Å². The minimum absolute atomic E-state index is 0.207. The molecular formula is C18H23FN4O. The molecule has 24 heavy (non-hydrogen) atoms. The van der Waals surface area contributed by atoms with Crippen LogP contribution in [0.1, 0.15) is 23.7 Å². The summed E-state index contributed by atoms with van der Waals surface area (Å²) in [6, 6.07) is 10.8. The van der Waals surface area contributed by atoms with Crippen LogP contribution in [0.5, 0.6) is 5.88 Å². The van der Waals surface area contributed by atoms with E-state index in [9.17, 15) is 4.39 Å². The van der Waals surface area contributed by atoms with E-state index in [-0.39, 0.29) is 5.82 Å². The van der Waals surface area contributed by atoms with Crippen molar-refractivity contribution in [2.45, 2.75) is 26.9 Å². The summed E-state index contributed by atoms with van der Waals surface area (Å²) in [4.78, 5) is 8.83. The lowest BCUT2D eigenvalue weighted by Gasteiger charge is -2.11. The number of hydrogen-bond donors (Lipinski definition) is 2. The highest BCUT2D eigenvalue weighted by Crippen LogP contribution is 2.10. The number of guanidine groups is 1. The molecular weight excluding hydrogens is 307 g/mol. The highest BCUT2D eigenvalue weighted by molar-refractivity contribution is 5.79. The summed E-state index contributed by atoms with van der Waals surface area (Å²) in [7, 11) is 1.59. The number of methoxy groups -OCH3 is 1. The number of rotatable bonds is 6. The number of aryl methyl sites for hydroxylation is 1. The Labute approximate surface area is 142 Å². The van der Waals surface area contributed by atoms with Crippen LogP contribution in [0.4, 0.5) is 4.39 Å². The molecule has 0 saturated carbocycles. The lowest BCUT2D eigenvalue weighted by Crippen LogP contribution is -2.37. The van der Waals surface area contributed by atoms with E-state index in [1.807, 2.05) is 25.1 Å². The molecule has 128 valence electrons. The Bertz CT molecular complexity index is 703. The highest BCUT2D eigenvalue weighted by Gasteiger charge is 2.02. The Morgan fingerprint density at radius 3 is 2.79 bits per heavy atom. The van der Waals surface area contributed by atoms with Crippen LogP contribution in [-0.2, 0) is 13.1 Å². The number of benzene rings is 1. The van der Waals surface area contributed by atoms with Crippen molar-refractivity contribution in [1.29, 1.82) is 0 Å². The lowest BCUT2D eigenvalue weighted by molar-refractivity contribution is 0.396. The van der Waals surface area contributed by atoms with Crippen molar-refractivity contribution in [2.75, 3.05) is 13.7 Å². The monoisotopic (exact) mass is 330 g/mol. The average Bonchev–Trinajstić information content (AvgIpc) is 2.60. The predicted molar refractivity (Wildman–Crippen MR) is 93.6 cm³/mol. The first-order chi connectivity index (χ1) is 11.6. The van der Waals surface area contributed by atoms with E-state index in [2.05, 4.69) is 20.6 Å². The molecule has 0 fully saturated rings. The number of aliphatic imine (C=N–C) groups is 1. The molecule has 0 bridgehead atoms. The number of hydrogen-bond acceptors (Lipinski definition) is 3. The van der Waals surface area contributed by atoms with Gasteiger partial charge in [0, 0.05) is 12.6 Å². The first-order valence-electron chi connectivity index (χ1n) is 7.89. The van der Waals surface area contributed by atoms with Gasteiger partial charge in [-0.3, -0.25) is 0 Å². The van der Waals surface area contributed by atoms with Gasteiger partial charge < -0.3 is 15.4 Å². The molecule has 0 aliphatic carbocycles. The second-order valence-electron chi connectivity index (χ2n) is 5.30. The molecule has 0 aliphatic heterocycles. The fourth-order valence-electron chi connectivity index (χ4n) is 2.09. The lowest BCUT2D eigenvalue weighted by atomic mass is 10.1. The highest BCUT2D eigenvalue weighted by atomic mass is 19.1. The first kappa shape index (κ1) is 17.7. The second-order valence-corrected chi connectivity index (χ2v) is 5.30. The van der Waals surface area contributed by atoms with Crippen molar-refractivity contribution in [3.63, 3.8) is 0 Å². The molecule has 2 N–H and O–H groups in total. The second kappa shape index (κ2) is 8.86. The zero-order chi connectivity index (χ0) is 17.4. The van der Waals surface area contributed by atoms with Crippen molar-refractivity contribution >= 4 is 5.96 Å². The zero-order valence-corrected chi connectivity index (χ0v) is 14.3. The topological polar surface area (TPSA) is 58.5 Å². The van der Waals surface area contributed by atoms with Gasteiger partial charge in [-0.1, -0.05) is 18.2 Å². The summed E-state index contributed by atoms with van der Waals surface area (Å²) in [6.07, 6.45) is 0. The summed E-state index contributed by atoms with van der Waals surface area (Å²) < 4.78 is 18.7. The summed E-state index contributed by atoms with van der Waals surface area (Å²) in [5, 5.41) is 6.38. The smallest absolute Gasteiger partial charge is 0.213 e. The fourth-order valence-corrected chi connectivity index (χ4v) is 2.09. The quantitative estimate of drug-likeness (QED) is 0.632. The van der Waals surface area contributed by atoms with Gasteiger partial charge >= 0.3 is 0 Å². The van der Waals surface area contributed by atoms with Crippen molar-refractivity contribution < 1.29 is 9.13 Å². The fraction of sp³-hybridized carbons (Fsp3) is 0.333. The molecule has 0 spiro atoms. The Balaban J connectivity index is 2.00. The van der Waals surface area contributed by atoms with Crippen molar-refractivity contribution in [1.82, 2.24) is 15.6 Å². The van der Waals surface area contributed by atoms with Gasteiger partial charge in [-0.25, -0.2) is 14.4 Å². The third-order valence-electron chi connectivity index (χ3n) is 3.43. The average molecular weight is 330 g/mol. The molecule has 2 aromatic rings. The van der Waals surface area contributed by atoms with Crippen LogP contribution in [0.15, 0.2) is 41.4 Å². The van der Waals surface area contributed by atoms with Crippen LogP contribution in [0, 0.1) is 12.7 Å². The molecule has 1 aromatic carbocycles. The summed E-state index contributed by atoms with van der Waals surface area (Å²) in [5.74, 6) is 1.02. The van der Waals surface area contributed by atoms with Crippen molar-refractivity contribution in [3.8, 4) is 5.88 Å². The number of aromatic nitrogens is 1. The molecule has 0 amide bonds. The maximum Gasteiger partial charge on any atom is 0.213 e. The van der Waals surface area contributed by atoms with Crippen LogP contribution in [0.25, 0.3) is 0 Å². The third-order valence-corrected chi connectivity index (χ3v) is 3.43. The van der Waals surface area contributed by atoms with Crippen molar-refractivity contribution in [3.05, 3.63) is 59.0 Å². The third kappa shape index (κ3) is 5.22. The molecule has 6 heteroatoms. The minimum atomic E-state index is -0.207. The maximum absolute atomic E-state index is 13.6. The van der Waals surface area contributed by atoms with Crippen LogP contribution in [0.3, 0.4) is 0 Å². The first-order valence-corrected chi connectivity index (χ1v) is 7.89. The van der Waals surface area contributed by atoms with Gasteiger partial charge in [-0.2, -0.15) is 0 Å². The molecule has 0 aliphatic rings. The molecule has 0 radical (unpaired) electrons. The van der Waals surface area contributed by atoms with E-state index in [1.165, 1.54) is 6.07 Å². The number of nitrogens with zero attached hydrogens (tertiary/aromatic N) is 2. The van der Waals surface area contributed by atoms with Crippen LogP contribution in [0.2, 0.25) is 0 Å². The van der Waals surface area contributed by atoms with E-state index in [0.717, 1.165) is 17.8 Å². The Kier molecular flexibility index (Phi) is 6.54. The summed E-state index contributed by atoms with van der Waals surface area (Å²) in [5.41, 5.74) is 2.31. The Hall–Kier alpha value is -2.63. The Morgan fingerprint density at radius 1 is 1.25 bits per heavy atom.